The summed E-state index contributed by atoms with van der Waals surface area (Å²) in [6.45, 7) is 2.81. The number of hydrogen-bond donors (Lipinski definition) is 0. The summed E-state index contributed by atoms with van der Waals surface area (Å²) in [5.41, 5.74) is 0. The number of rotatable bonds is 5. The quantitative estimate of drug-likeness (QED) is 0.741. The van der Waals surface area contributed by atoms with Gasteiger partial charge in [0.1, 0.15) is 4.21 Å². The Bertz CT molecular complexity index is 416. The predicted octanol–water partition coefficient (Wildman–Crippen LogP) is 2.92. The van der Waals surface area contributed by atoms with Crippen LogP contribution in [0.1, 0.15) is 6.92 Å². The summed E-state index contributed by atoms with van der Waals surface area (Å²) in [7, 11) is -3.33. The molecule has 0 saturated heterocycles. The normalized spacial score (nSPS) is 12.3. The van der Waals surface area contributed by atoms with Gasteiger partial charge in [-0.1, -0.05) is 22.9 Å². The molecule has 0 aliphatic heterocycles. The van der Waals surface area contributed by atoms with E-state index >= 15 is 0 Å². The van der Waals surface area contributed by atoms with Crippen molar-refractivity contribution in [1.29, 1.82) is 0 Å². The van der Waals surface area contributed by atoms with E-state index in [-0.39, 0.29) is 0 Å². The van der Waals surface area contributed by atoms with Crippen LogP contribution in [0.4, 0.5) is 0 Å². The molecule has 1 aromatic heterocycles. The summed E-state index contributed by atoms with van der Waals surface area (Å²) in [6, 6.07) is 1.75. The lowest BCUT2D eigenvalue weighted by molar-refractivity contribution is 0.449. The molecule has 0 radical (unpaired) electrons. The second-order valence-electron chi connectivity index (χ2n) is 2.74. The number of alkyl halides is 1. The highest BCUT2D eigenvalue weighted by molar-refractivity contribution is 9.10. The van der Waals surface area contributed by atoms with Crippen LogP contribution < -0.4 is 0 Å². The van der Waals surface area contributed by atoms with E-state index in [1.54, 1.807) is 11.4 Å². The van der Waals surface area contributed by atoms with Gasteiger partial charge in [0.2, 0.25) is 0 Å². The smallest absolute Gasteiger partial charge is 0.206 e. The van der Waals surface area contributed by atoms with Gasteiger partial charge in [-0.25, -0.2) is 8.42 Å². The standard InChI is InChI=1S/C8H11Br2NO2S2/c1-2-11(5-4-9)15(12,13)8-7(10)3-6-14-8/h3,6H,2,4-5H2,1H3. The van der Waals surface area contributed by atoms with Crippen molar-refractivity contribution in [3.8, 4) is 0 Å². The highest BCUT2D eigenvalue weighted by Crippen LogP contribution is 2.30. The molecule has 0 atom stereocenters. The molecule has 0 N–H and O–H groups in total. The summed E-state index contributed by atoms with van der Waals surface area (Å²) in [4.78, 5) is 0. The number of sulfonamides is 1. The molecule has 3 nitrogen and oxygen atoms in total. The van der Waals surface area contributed by atoms with Gasteiger partial charge in [0.05, 0.1) is 0 Å². The number of halogens is 2. The molecule has 0 amide bonds. The fourth-order valence-electron chi connectivity index (χ4n) is 1.12. The SMILES string of the molecule is CCN(CCBr)S(=O)(=O)c1sccc1Br. The van der Waals surface area contributed by atoms with Gasteiger partial charge in [-0.05, 0) is 27.4 Å². The van der Waals surface area contributed by atoms with Crippen LogP contribution >= 0.6 is 43.2 Å². The molecule has 0 aliphatic carbocycles. The highest BCUT2D eigenvalue weighted by Gasteiger charge is 2.25. The van der Waals surface area contributed by atoms with Gasteiger partial charge in [0.15, 0.2) is 0 Å². The molecule has 15 heavy (non-hydrogen) atoms. The van der Waals surface area contributed by atoms with Crippen LogP contribution in [-0.2, 0) is 10.0 Å². The van der Waals surface area contributed by atoms with E-state index in [1.807, 2.05) is 6.92 Å². The molecule has 0 unspecified atom stereocenters. The van der Waals surface area contributed by atoms with Gasteiger partial charge in [-0.3, -0.25) is 0 Å². The first-order valence-corrected chi connectivity index (χ1v) is 8.56. The number of thiophene rings is 1. The molecule has 7 heteroatoms. The topological polar surface area (TPSA) is 37.4 Å². The Kier molecular flexibility index (Phi) is 5.24. The minimum Gasteiger partial charge on any atom is -0.206 e. The summed E-state index contributed by atoms with van der Waals surface area (Å²) in [5, 5.41) is 2.40. The maximum absolute atomic E-state index is 12.1. The van der Waals surface area contributed by atoms with E-state index in [0.717, 1.165) is 0 Å². The Labute approximate surface area is 111 Å². The van der Waals surface area contributed by atoms with E-state index in [0.29, 0.717) is 27.1 Å². The fourth-order valence-corrected chi connectivity index (χ4v) is 5.69. The second-order valence-corrected chi connectivity index (χ2v) is 7.44. The van der Waals surface area contributed by atoms with Crippen LogP contribution in [-0.4, -0.2) is 31.1 Å². The first-order chi connectivity index (χ1) is 7.04. The lowest BCUT2D eigenvalue weighted by Crippen LogP contribution is -2.32. The van der Waals surface area contributed by atoms with Gasteiger partial charge in [-0.15, -0.1) is 11.3 Å². The molecule has 0 aliphatic rings. The van der Waals surface area contributed by atoms with E-state index < -0.39 is 10.0 Å². The first kappa shape index (κ1) is 13.6. The van der Waals surface area contributed by atoms with Gasteiger partial charge >= 0.3 is 0 Å². The number of hydrogen-bond acceptors (Lipinski definition) is 3. The van der Waals surface area contributed by atoms with Gasteiger partial charge < -0.3 is 0 Å². The molecule has 86 valence electrons. The molecule has 1 aromatic rings. The van der Waals surface area contributed by atoms with Crippen molar-refractivity contribution in [3.05, 3.63) is 15.9 Å². The third kappa shape index (κ3) is 3.03. The minimum atomic E-state index is -3.33. The Hall–Kier alpha value is 0.570. The monoisotopic (exact) mass is 375 g/mol. The Morgan fingerprint density at radius 2 is 2.20 bits per heavy atom. The number of nitrogens with zero attached hydrogens (tertiary/aromatic N) is 1. The largest absolute Gasteiger partial charge is 0.253 e. The zero-order valence-electron chi connectivity index (χ0n) is 8.11. The first-order valence-electron chi connectivity index (χ1n) is 4.33. The maximum Gasteiger partial charge on any atom is 0.253 e. The lowest BCUT2D eigenvalue weighted by Gasteiger charge is -2.18. The second kappa shape index (κ2) is 5.77. The van der Waals surface area contributed by atoms with Crippen LogP contribution in [0.3, 0.4) is 0 Å². The molecule has 0 bridgehead atoms. The van der Waals surface area contributed by atoms with Crippen molar-refractivity contribution in [2.45, 2.75) is 11.1 Å². The van der Waals surface area contributed by atoms with Crippen molar-refractivity contribution in [2.75, 3.05) is 18.4 Å². The summed E-state index contributed by atoms with van der Waals surface area (Å²) >= 11 is 7.73. The lowest BCUT2D eigenvalue weighted by atomic mass is 10.7. The van der Waals surface area contributed by atoms with Crippen LogP contribution in [0.2, 0.25) is 0 Å². The van der Waals surface area contributed by atoms with Crippen molar-refractivity contribution in [3.63, 3.8) is 0 Å². The average molecular weight is 377 g/mol. The van der Waals surface area contributed by atoms with E-state index in [9.17, 15) is 8.42 Å². The highest BCUT2D eigenvalue weighted by atomic mass is 79.9. The van der Waals surface area contributed by atoms with Gasteiger partial charge in [0.25, 0.3) is 10.0 Å². The van der Waals surface area contributed by atoms with Crippen LogP contribution in [0, 0.1) is 0 Å². The Morgan fingerprint density at radius 1 is 1.53 bits per heavy atom. The maximum atomic E-state index is 12.1. The van der Waals surface area contributed by atoms with E-state index in [2.05, 4.69) is 31.9 Å². The Morgan fingerprint density at radius 3 is 2.60 bits per heavy atom. The van der Waals surface area contributed by atoms with Crippen molar-refractivity contribution in [2.24, 2.45) is 0 Å². The van der Waals surface area contributed by atoms with Crippen molar-refractivity contribution in [1.82, 2.24) is 4.31 Å². The third-order valence-corrected chi connectivity index (χ3v) is 6.82. The summed E-state index contributed by atoms with van der Waals surface area (Å²) < 4.78 is 26.7. The molecule has 1 heterocycles. The van der Waals surface area contributed by atoms with Crippen LogP contribution in [0.25, 0.3) is 0 Å². The molecule has 0 saturated carbocycles. The molecular weight excluding hydrogens is 366 g/mol. The molecular formula is C8H11Br2NO2S2. The van der Waals surface area contributed by atoms with Gasteiger partial charge in [0, 0.05) is 22.9 Å². The minimum absolute atomic E-state index is 0.380. The molecule has 0 spiro atoms. The van der Waals surface area contributed by atoms with E-state index in [1.165, 1.54) is 15.6 Å². The summed E-state index contributed by atoms with van der Waals surface area (Å²) in [6.07, 6.45) is 0. The Balaban J connectivity index is 3.06. The predicted molar refractivity (Wildman–Crippen MR) is 70.2 cm³/mol. The molecule has 0 aromatic carbocycles. The zero-order chi connectivity index (χ0) is 11.5. The van der Waals surface area contributed by atoms with Crippen molar-refractivity contribution < 1.29 is 8.42 Å². The molecule has 0 fully saturated rings. The fraction of sp³-hybridized carbons (Fsp3) is 0.500. The summed E-state index contributed by atoms with van der Waals surface area (Å²) in [5.74, 6) is 0. The van der Waals surface area contributed by atoms with Gasteiger partial charge in [-0.2, -0.15) is 4.31 Å². The third-order valence-electron chi connectivity index (χ3n) is 1.85. The van der Waals surface area contributed by atoms with E-state index in [4.69, 9.17) is 0 Å². The zero-order valence-corrected chi connectivity index (χ0v) is 12.9. The molecule has 1 rings (SSSR count). The van der Waals surface area contributed by atoms with Crippen LogP contribution in [0.15, 0.2) is 20.1 Å². The van der Waals surface area contributed by atoms with Crippen molar-refractivity contribution >= 4 is 53.2 Å². The average Bonchev–Trinajstić information content (AvgIpc) is 2.61. The van der Waals surface area contributed by atoms with Crippen LogP contribution in [0.5, 0.6) is 0 Å².